The summed E-state index contributed by atoms with van der Waals surface area (Å²) in [4.78, 5) is 1.71. The van der Waals surface area contributed by atoms with Crippen molar-refractivity contribution in [3.63, 3.8) is 0 Å². The van der Waals surface area contributed by atoms with E-state index in [1.807, 2.05) is 6.07 Å². The highest BCUT2D eigenvalue weighted by atomic mass is 19.1. The lowest BCUT2D eigenvalue weighted by molar-refractivity contribution is -0.0972. The third-order valence-corrected chi connectivity index (χ3v) is 4.52. The minimum atomic E-state index is -1.19. The van der Waals surface area contributed by atoms with E-state index in [9.17, 15) is 14.6 Å². The fraction of sp³-hybridized carbons (Fsp3) is 0.350. The monoisotopic (exact) mass is 342 g/mol. The summed E-state index contributed by atoms with van der Waals surface area (Å²) in [5.74, 6) is -0.338. The van der Waals surface area contributed by atoms with Crippen LogP contribution in [0.1, 0.15) is 35.1 Å². The van der Waals surface area contributed by atoms with Gasteiger partial charge in [-0.15, -0.1) is 0 Å². The summed E-state index contributed by atoms with van der Waals surface area (Å²) in [5, 5.41) is 29.5. The van der Waals surface area contributed by atoms with E-state index in [1.165, 1.54) is 12.1 Å². The molecule has 2 aromatic rings. The van der Waals surface area contributed by atoms with Gasteiger partial charge >= 0.3 is 0 Å². The van der Waals surface area contributed by atoms with E-state index < -0.39 is 5.72 Å². The molecule has 0 saturated carbocycles. The van der Waals surface area contributed by atoms with Crippen molar-refractivity contribution >= 4 is 0 Å². The first-order valence-electron chi connectivity index (χ1n) is 8.19. The van der Waals surface area contributed by atoms with E-state index in [4.69, 9.17) is 5.26 Å². The Hall–Kier alpha value is -2.26. The zero-order chi connectivity index (χ0) is 18.4. The summed E-state index contributed by atoms with van der Waals surface area (Å²) >= 11 is 0. The summed E-state index contributed by atoms with van der Waals surface area (Å²) < 4.78 is 13.2. The average molecular weight is 342 g/mol. The molecule has 25 heavy (non-hydrogen) atoms. The maximum atomic E-state index is 13.2. The smallest absolute Gasteiger partial charge is 0.144 e. The van der Waals surface area contributed by atoms with Crippen molar-refractivity contribution in [3.05, 3.63) is 70.5 Å². The van der Waals surface area contributed by atoms with E-state index in [1.54, 1.807) is 43.3 Å². The van der Waals surface area contributed by atoms with E-state index >= 15 is 0 Å². The fourth-order valence-electron chi connectivity index (χ4n) is 2.95. The SMILES string of the molecule is CN(C)[C@](O)(CCCc1ccc(C#N)cc1CO)c1ccc(F)cc1. The average Bonchev–Trinajstić information content (AvgIpc) is 2.62. The van der Waals surface area contributed by atoms with E-state index in [2.05, 4.69) is 6.07 Å². The first-order valence-corrected chi connectivity index (χ1v) is 8.19. The zero-order valence-electron chi connectivity index (χ0n) is 14.5. The maximum Gasteiger partial charge on any atom is 0.144 e. The summed E-state index contributed by atoms with van der Waals surface area (Å²) in [6.45, 7) is -0.124. The minimum Gasteiger partial charge on any atom is -0.392 e. The number of aliphatic hydroxyl groups excluding tert-OH is 1. The number of halogens is 1. The normalized spacial score (nSPS) is 13.5. The number of rotatable bonds is 7. The molecule has 0 bridgehead atoms. The Labute approximate surface area is 147 Å². The molecule has 1 atom stereocenters. The van der Waals surface area contributed by atoms with Crippen LogP contribution in [-0.2, 0) is 18.8 Å². The largest absolute Gasteiger partial charge is 0.392 e. The molecular weight excluding hydrogens is 319 g/mol. The zero-order valence-corrected chi connectivity index (χ0v) is 14.5. The molecule has 132 valence electrons. The number of nitriles is 1. The molecule has 5 heteroatoms. The Morgan fingerprint density at radius 1 is 1.12 bits per heavy atom. The van der Waals surface area contributed by atoms with Crippen LogP contribution in [0.3, 0.4) is 0 Å². The van der Waals surface area contributed by atoms with Gasteiger partial charge in [-0.05, 0) is 74.3 Å². The van der Waals surface area contributed by atoms with Gasteiger partial charge in [0.15, 0.2) is 0 Å². The molecular formula is C20H23FN2O2. The number of aryl methyl sites for hydroxylation is 1. The molecule has 0 unspecified atom stereocenters. The first kappa shape index (κ1) is 19.1. The van der Waals surface area contributed by atoms with Gasteiger partial charge < -0.3 is 10.2 Å². The molecule has 2 N–H and O–H groups in total. The van der Waals surface area contributed by atoms with Gasteiger partial charge in [0.2, 0.25) is 0 Å². The minimum absolute atomic E-state index is 0.124. The van der Waals surface area contributed by atoms with E-state index in [0.29, 0.717) is 30.4 Å². The van der Waals surface area contributed by atoms with E-state index in [-0.39, 0.29) is 12.4 Å². The Bertz CT molecular complexity index is 753. The lowest BCUT2D eigenvalue weighted by Crippen LogP contribution is -2.41. The van der Waals surface area contributed by atoms with Crippen LogP contribution >= 0.6 is 0 Å². The van der Waals surface area contributed by atoms with Gasteiger partial charge in [0.25, 0.3) is 0 Å². The summed E-state index contributed by atoms with van der Waals surface area (Å²) in [5.41, 5.74) is 1.65. The van der Waals surface area contributed by atoms with Gasteiger partial charge in [-0.25, -0.2) is 4.39 Å². The van der Waals surface area contributed by atoms with Crippen molar-refractivity contribution in [3.8, 4) is 6.07 Å². The summed E-state index contributed by atoms with van der Waals surface area (Å²) in [7, 11) is 3.56. The second kappa shape index (κ2) is 8.21. The van der Waals surface area contributed by atoms with Crippen molar-refractivity contribution in [2.45, 2.75) is 31.6 Å². The van der Waals surface area contributed by atoms with E-state index in [0.717, 1.165) is 11.1 Å². The van der Waals surface area contributed by atoms with Crippen molar-refractivity contribution in [1.29, 1.82) is 5.26 Å². The van der Waals surface area contributed by atoms with Crippen molar-refractivity contribution in [2.75, 3.05) is 14.1 Å². The summed E-state index contributed by atoms with van der Waals surface area (Å²) in [6, 6.07) is 13.2. The number of aliphatic hydroxyl groups is 2. The lowest BCUT2D eigenvalue weighted by atomic mass is 9.93. The second-order valence-corrected chi connectivity index (χ2v) is 6.32. The first-order chi connectivity index (χ1) is 11.9. The lowest BCUT2D eigenvalue weighted by Gasteiger charge is -2.35. The highest BCUT2D eigenvalue weighted by Gasteiger charge is 2.31. The molecule has 0 aliphatic rings. The highest BCUT2D eigenvalue weighted by Crippen LogP contribution is 2.30. The maximum absolute atomic E-state index is 13.2. The molecule has 2 rings (SSSR count). The predicted octanol–water partition coefficient (Wildman–Crippen LogP) is 2.92. The quantitative estimate of drug-likeness (QED) is 0.759. The molecule has 0 spiro atoms. The van der Waals surface area contributed by atoms with Gasteiger partial charge in [0.1, 0.15) is 11.5 Å². The van der Waals surface area contributed by atoms with Crippen LogP contribution in [0.2, 0.25) is 0 Å². The van der Waals surface area contributed by atoms with Gasteiger partial charge in [0.05, 0.1) is 18.2 Å². The van der Waals surface area contributed by atoms with Gasteiger partial charge in [0, 0.05) is 0 Å². The van der Waals surface area contributed by atoms with Crippen molar-refractivity contribution < 1.29 is 14.6 Å². The van der Waals surface area contributed by atoms with Crippen LogP contribution in [0, 0.1) is 17.1 Å². The molecule has 0 aliphatic carbocycles. The van der Waals surface area contributed by atoms with Crippen LogP contribution in [-0.4, -0.2) is 29.2 Å². The number of hydrogen-bond donors (Lipinski definition) is 2. The number of nitrogens with zero attached hydrogens (tertiary/aromatic N) is 2. The predicted molar refractivity (Wildman–Crippen MR) is 94.0 cm³/mol. The molecule has 0 aliphatic heterocycles. The molecule has 2 aromatic carbocycles. The van der Waals surface area contributed by atoms with Crippen molar-refractivity contribution in [2.24, 2.45) is 0 Å². The molecule has 0 amide bonds. The van der Waals surface area contributed by atoms with Gasteiger partial charge in [-0.2, -0.15) is 5.26 Å². The Balaban J connectivity index is 2.12. The highest BCUT2D eigenvalue weighted by molar-refractivity contribution is 5.38. The third-order valence-electron chi connectivity index (χ3n) is 4.52. The van der Waals surface area contributed by atoms with Crippen LogP contribution in [0.25, 0.3) is 0 Å². The van der Waals surface area contributed by atoms with Gasteiger partial charge in [-0.1, -0.05) is 18.2 Å². The third kappa shape index (κ3) is 4.43. The molecule has 0 aromatic heterocycles. The molecule has 0 radical (unpaired) electrons. The molecule has 0 fully saturated rings. The number of hydrogen-bond acceptors (Lipinski definition) is 4. The van der Waals surface area contributed by atoms with Crippen LogP contribution in [0.15, 0.2) is 42.5 Å². The fourth-order valence-corrected chi connectivity index (χ4v) is 2.95. The van der Waals surface area contributed by atoms with Crippen LogP contribution in [0.5, 0.6) is 0 Å². The summed E-state index contributed by atoms with van der Waals surface area (Å²) in [6.07, 6.45) is 1.79. The topological polar surface area (TPSA) is 67.5 Å². The second-order valence-electron chi connectivity index (χ2n) is 6.32. The van der Waals surface area contributed by atoms with Gasteiger partial charge in [-0.3, -0.25) is 4.90 Å². The van der Waals surface area contributed by atoms with Crippen molar-refractivity contribution in [1.82, 2.24) is 4.90 Å². The molecule has 0 saturated heterocycles. The number of benzene rings is 2. The Morgan fingerprint density at radius 2 is 1.80 bits per heavy atom. The van der Waals surface area contributed by atoms with Crippen LogP contribution in [0.4, 0.5) is 4.39 Å². The van der Waals surface area contributed by atoms with Crippen LogP contribution < -0.4 is 0 Å². The molecule has 0 heterocycles. The Morgan fingerprint density at radius 3 is 2.36 bits per heavy atom. The standard InChI is InChI=1S/C20H23FN2O2/c1-23(2)20(25,18-7-9-19(21)10-8-18)11-3-4-16-6-5-15(13-22)12-17(16)14-24/h5-10,12,24-25H,3-4,11,14H2,1-2H3/t20-/m0/s1. The Kier molecular flexibility index (Phi) is 6.27. The molecule has 4 nitrogen and oxygen atoms in total.